The van der Waals surface area contributed by atoms with Crippen molar-refractivity contribution in [2.45, 2.75) is 18.9 Å². The lowest BCUT2D eigenvalue weighted by atomic mass is 10.2. The Kier molecular flexibility index (Phi) is 4.60. The highest BCUT2D eigenvalue weighted by molar-refractivity contribution is 8.00. The number of aliphatic carboxylic acids is 1. The number of carboxylic acids is 1. The van der Waals surface area contributed by atoms with E-state index in [9.17, 15) is 14.4 Å². The molecule has 0 radical (unpaired) electrons. The van der Waals surface area contributed by atoms with Gasteiger partial charge in [-0.25, -0.2) is 4.79 Å². The Morgan fingerprint density at radius 3 is 2.62 bits per heavy atom. The van der Waals surface area contributed by atoms with Crippen molar-refractivity contribution in [1.82, 2.24) is 4.90 Å². The van der Waals surface area contributed by atoms with E-state index in [0.29, 0.717) is 19.4 Å². The first-order chi connectivity index (χ1) is 7.52. The van der Waals surface area contributed by atoms with Gasteiger partial charge in [-0.3, -0.25) is 9.59 Å². The predicted octanol–water partition coefficient (Wildman–Crippen LogP) is -0.720. The average Bonchev–Trinajstić information content (AvgIpc) is 2.65. The maximum Gasteiger partial charge on any atom is 0.326 e. The third-order valence-corrected chi connectivity index (χ3v) is 3.27. The van der Waals surface area contributed by atoms with Gasteiger partial charge in [-0.05, 0) is 12.8 Å². The molecule has 1 rings (SSSR count). The van der Waals surface area contributed by atoms with Gasteiger partial charge in [0.15, 0.2) is 0 Å². The molecule has 0 unspecified atom stereocenters. The van der Waals surface area contributed by atoms with Gasteiger partial charge < -0.3 is 15.7 Å². The van der Waals surface area contributed by atoms with E-state index in [0.717, 1.165) is 11.8 Å². The summed E-state index contributed by atoms with van der Waals surface area (Å²) in [5.41, 5.74) is 4.93. The summed E-state index contributed by atoms with van der Waals surface area (Å²) in [5.74, 6) is -1.50. The van der Waals surface area contributed by atoms with Gasteiger partial charge in [-0.2, -0.15) is 0 Å². The van der Waals surface area contributed by atoms with Gasteiger partial charge >= 0.3 is 5.97 Å². The first-order valence-electron chi connectivity index (χ1n) is 4.90. The number of carbonyl (C=O) groups is 3. The van der Waals surface area contributed by atoms with Crippen LogP contribution in [-0.4, -0.2) is 51.9 Å². The van der Waals surface area contributed by atoms with E-state index in [2.05, 4.69) is 0 Å². The second kappa shape index (κ2) is 5.74. The second-order valence-electron chi connectivity index (χ2n) is 3.54. The summed E-state index contributed by atoms with van der Waals surface area (Å²) in [5, 5.41) is 8.87. The minimum Gasteiger partial charge on any atom is -0.480 e. The smallest absolute Gasteiger partial charge is 0.326 e. The van der Waals surface area contributed by atoms with Gasteiger partial charge in [0.2, 0.25) is 11.8 Å². The lowest BCUT2D eigenvalue weighted by molar-refractivity contribution is -0.147. The largest absolute Gasteiger partial charge is 0.480 e. The Bertz CT molecular complexity index is 308. The third-order valence-electron chi connectivity index (χ3n) is 2.33. The fourth-order valence-electron chi connectivity index (χ4n) is 1.64. The topological polar surface area (TPSA) is 101 Å². The standard InChI is InChI=1S/C9H14N2O4S/c10-7(12)4-16-5-8(13)11-3-1-2-6(11)9(14)15/h6H,1-5H2,(H2,10,12)(H,14,15)/t6-/m1/s1. The van der Waals surface area contributed by atoms with Gasteiger partial charge in [0.25, 0.3) is 0 Å². The number of thioether (sulfide) groups is 1. The monoisotopic (exact) mass is 246 g/mol. The Morgan fingerprint density at radius 2 is 2.06 bits per heavy atom. The number of carboxylic acid groups (broad SMARTS) is 1. The first kappa shape index (κ1) is 12.8. The third kappa shape index (κ3) is 3.41. The Morgan fingerprint density at radius 1 is 1.38 bits per heavy atom. The highest BCUT2D eigenvalue weighted by atomic mass is 32.2. The van der Waals surface area contributed by atoms with E-state index in [1.54, 1.807) is 0 Å². The molecule has 90 valence electrons. The van der Waals surface area contributed by atoms with Crippen LogP contribution >= 0.6 is 11.8 Å². The number of nitrogens with zero attached hydrogens (tertiary/aromatic N) is 1. The molecule has 0 spiro atoms. The molecule has 0 saturated carbocycles. The number of likely N-dealkylation sites (tertiary alicyclic amines) is 1. The lowest BCUT2D eigenvalue weighted by Gasteiger charge is -2.20. The van der Waals surface area contributed by atoms with Crippen molar-refractivity contribution >= 4 is 29.5 Å². The van der Waals surface area contributed by atoms with Crippen molar-refractivity contribution in [3.8, 4) is 0 Å². The molecule has 3 N–H and O–H groups in total. The van der Waals surface area contributed by atoms with Crippen LogP contribution in [0.3, 0.4) is 0 Å². The fourth-order valence-corrected chi connectivity index (χ4v) is 2.29. The van der Waals surface area contributed by atoms with E-state index in [4.69, 9.17) is 10.8 Å². The summed E-state index contributed by atoms with van der Waals surface area (Å²) in [6.07, 6.45) is 1.21. The molecule has 1 saturated heterocycles. The highest BCUT2D eigenvalue weighted by Crippen LogP contribution is 2.18. The van der Waals surface area contributed by atoms with Crippen molar-refractivity contribution < 1.29 is 19.5 Å². The van der Waals surface area contributed by atoms with Gasteiger partial charge in [0.1, 0.15) is 6.04 Å². The zero-order chi connectivity index (χ0) is 12.1. The Hall–Kier alpha value is -1.24. The number of hydrogen-bond donors (Lipinski definition) is 2. The summed E-state index contributed by atoms with van der Waals surface area (Å²) < 4.78 is 0. The molecule has 6 nitrogen and oxygen atoms in total. The van der Waals surface area contributed by atoms with Crippen LogP contribution in [0.4, 0.5) is 0 Å². The van der Waals surface area contributed by atoms with E-state index < -0.39 is 17.9 Å². The minimum atomic E-state index is -0.967. The normalized spacial score (nSPS) is 19.8. The predicted molar refractivity (Wildman–Crippen MR) is 58.9 cm³/mol. The van der Waals surface area contributed by atoms with Gasteiger partial charge in [-0.1, -0.05) is 0 Å². The van der Waals surface area contributed by atoms with Crippen LogP contribution in [0.25, 0.3) is 0 Å². The summed E-state index contributed by atoms with van der Waals surface area (Å²) in [4.78, 5) is 34.3. The van der Waals surface area contributed by atoms with Gasteiger partial charge in [0.05, 0.1) is 11.5 Å². The Balaban J connectivity index is 2.41. The van der Waals surface area contributed by atoms with E-state index in [-0.39, 0.29) is 17.4 Å². The molecule has 1 heterocycles. The SMILES string of the molecule is NC(=O)CSCC(=O)N1CCC[C@@H]1C(=O)O. The molecule has 2 amide bonds. The molecule has 1 aliphatic heterocycles. The number of hydrogen-bond acceptors (Lipinski definition) is 4. The zero-order valence-electron chi connectivity index (χ0n) is 8.72. The number of amides is 2. The molecular weight excluding hydrogens is 232 g/mol. The molecular formula is C9H14N2O4S. The van der Waals surface area contributed by atoms with Crippen LogP contribution in [0.1, 0.15) is 12.8 Å². The maximum absolute atomic E-state index is 11.6. The quantitative estimate of drug-likeness (QED) is 0.666. The van der Waals surface area contributed by atoms with Crippen molar-refractivity contribution in [1.29, 1.82) is 0 Å². The van der Waals surface area contributed by atoms with Crippen LogP contribution < -0.4 is 5.73 Å². The van der Waals surface area contributed by atoms with Crippen molar-refractivity contribution in [3.05, 3.63) is 0 Å². The summed E-state index contributed by atoms with van der Waals surface area (Å²) in [6.45, 7) is 0.479. The average molecular weight is 246 g/mol. The molecule has 0 aromatic rings. The molecule has 1 aliphatic rings. The molecule has 0 bridgehead atoms. The zero-order valence-corrected chi connectivity index (χ0v) is 9.53. The minimum absolute atomic E-state index is 0.0807. The molecule has 1 fully saturated rings. The van der Waals surface area contributed by atoms with Gasteiger partial charge in [0, 0.05) is 6.54 Å². The molecule has 0 aromatic heterocycles. The van der Waals surface area contributed by atoms with Crippen LogP contribution in [0, 0.1) is 0 Å². The van der Waals surface area contributed by atoms with Crippen LogP contribution in [0.2, 0.25) is 0 Å². The van der Waals surface area contributed by atoms with Crippen molar-refractivity contribution in [2.24, 2.45) is 5.73 Å². The summed E-state index contributed by atoms with van der Waals surface area (Å²) in [7, 11) is 0. The summed E-state index contributed by atoms with van der Waals surface area (Å²) >= 11 is 1.11. The number of nitrogens with two attached hydrogens (primary N) is 1. The highest BCUT2D eigenvalue weighted by Gasteiger charge is 2.33. The van der Waals surface area contributed by atoms with Crippen LogP contribution in [0.5, 0.6) is 0 Å². The summed E-state index contributed by atoms with van der Waals surface area (Å²) in [6, 6.07) is -0.707. The molecule has 0 aliphatic carbocycles. The van der Waals surface area contributed by atoms with Crippen LogP contribution in [-0.2, 0) is 14.4 Å². The maximum atomic E-state index is 11.6. The fraction of sp³-hybridized carbons (Fsp3) is 0.667. The van der Waals surface area contributed by atoms with Crippen molar-refractivity contribution in [3.63, 3.8) is 0 Å². The van der Waals surface area contributed by atoms with E-state index >= 15 is 0 Å². The molecule has 16 heavy (non-hydrogen) atoms. The molecule has 7 heteroatoms. The first-order valence-corrected chi connectivity index (χ1v) is 6.06. The lowest BCUT2D eigenvalue weighted by Crippen LogP contribution is -2.41. The molecule has 1 atom stereocenters. The van der Waals surface area contributed by atoms with E-state index in [1.165, 1.54) is 4.90 Å². The van der Waals surface area contributed by atoms with Gasteiger partial charge in [-0.15, -0.1) is 11.8 Å². The van der Waals surface area contributed by atoms with Crippen molar-refractivity contribution in [2.75, 3.05) is 18.1 Å². The number of carbonyl (C=O) groups excluding carboxylic acids is 2. The van der Waals surface area contributed by atoms with E-state index in [1.807, 2.05) is 0 Å². The number of rotatable bonds is 5. The number of primary amides is 1. The van der Waals surface area contributed by atoms with Crippen LogP contribution in [0.15, 0.2) is 0 Å². The molecule has 0 aromatic carbocycles. The second-order valence-corrected chi connectivity index (χ2v) is 4.53. The Labute approximate surface area is 97.2 Å².